The molecule has 158 valence electrons. The van der Waals surface area contributed by atoms with Crippen molar-refractivity contribution in [1.82, 2.24) is 9.55 Å². The van der Waals surface area contributed by atoms with Crippen LogP contribution in [0, 0.1) is 5.92 Å². The van der Waals surface area contributed by atoms with Crippen LogP contribution >= 0.6 is 0 Å². The van der Waals surface area contributed by atoms with Crippen molar-refractivity contribution in [3.63, 3.8) is 0 Å². The molecule has 0 bridgehead atoms. The van der Waals surface area contributed by atoms with Crippen molar-refractivity contribution >= 4 is 27.3 Å². The van der Waals surface area contributed by atoms with Gasteiger partial charge in [-0.05, 0) is 38.0 Å². The molecule has 1 aromatic carbocycles. The van der Waals surface area contributed by atoms with Gasteiger partial charge in [-0.25, -0.2) is 13.4 Å². The van der Waals surface area contributed by atoms with Crippen LogP contribution in [-0.4, -0.2) is 40.8 Å². The van der Waals surface area contributed by atoms with Gasteiger partial charge in [-0.2, -0.15) is 0 Å². The van der Waals surface area contributed by atoms with E-state index in [1.54, 1.807) is 13.8 Å². The highest BCUT2D eigenvalue weighted by Gasteiger charge is 2.20. The summed E-state index contributed by atoms with van der Waals surface area (Å²) in [6.45, 7) is 6.62. The Labute approximate surface area is 169 Å². The molecule has 0 aliphatic heterocycles. The lowest BCUT2D eigenvalue weighted by atomic mass is 10.1. The number of nitrogens with zero attached hydrogens (tertiary/aromatic N) is 2. The zero-order valence-electron chi connectivity index (χ0n) is 16.8. The number of hydrogen-bond donors (Lipinski definition) is 3. The van der Waals surface area contributed by atoms with Crippen molar-refractivity contribution in [3.8, 4) is 11.3 Å². The Balaban J connectivity index is 2.69. The first-order valence-corrected chi connectivity index (χ1v) is 10.8. The molecule has 0 radical (unpaired) electrons. The van der Waals surface area contributed by atoms with Crippen molar-refractivity contribution in [2.24, 2.45) is 5.92 Å². The standard InChI is InChI=1S/C19H26N4O5S/c1-11(2)10-29(27,28)15-6-13(5-14(20)7-15)16-8-21-18(22-12(3)4)19(26)23(16)9-17(24)25/h5-8,11-12H,9-10,20H2,1-4H3,(H,21,22)(H,24,25). The maximum Gasteiger partial charge on any atom is 0.323 e. The fraction of sp³-hybridized carbons (Fsp3) is 0.421. The second kappa shape index (κ2) is 8.64. The van der Waals surface area contributed by atoms with E-state index in [1.165, 1.54) is 24.4 Å². The van der Waals surface area contributed by atoms with E-state index >= 15 is 0 Å². The summed E-state index contributed by atoms with van der Waals surface area (Å²) in [6.07, 6.45) is 1.34. The molecule has 2 rings (SSSR count). The van der Waals surface area contributed by atoms with E-state index in [0.29, 0.717) is 5.56 Å². The maximum absolute atomic E-state index is 12.8. The van der Waals surface area contributed by atoms with E-state index in [1.807, 2.05) is 13.8 Å². The van der Waals surface area contributed by atoms with Gasteiger partial charge < -0.3 is 16.2 Å². The summed E-state index contributed by atoms with van der Waals surface area (Å²) in [5.74, 6) is -1.35. The lowest BCUT2D eigenvalue weighted by Gasteiger charge is -2.16. The van der Waals surface area contributed by atoms with E-state index in [9.17, 15) is 23.1 Å². The van der Waals surface area contributed by atoms with Gasteiger partial charge in [-0.15, -0.1) is 0 Å². The molecule has 1 aromatic heterocycles. The Morgan fingerprint density at radius 2 is 1.90 bits per heavy atom. The van der Waals surface area contributed by atoms with Gasteiger partial charge in [0.1, 0.15) is 6.54 Å². The Morgan fingerprint density at radius 1 is 1.24 bits per heavy atom. The van der Waals surface area contributed by atoms with Crippen molar-refractivity contribution in [2.75, 3.05) is 16.8 Å². The number of carbonyl (C=O) groups is 1. The number of carboxylic acids is 1. The largest absolute Gasteiger partial charge is 0.480 e. The molecule has 0 atom stereocenters. The summed E-state index contributed by atoms with van der Waals surface area (Å²) in [6, 6.07) is 4.14. The van der Waals surface area contributed by atoms with Gasteiger partial charge >= 0.3 is 5.97 Å². The number of nitrogens with one attached hydrogen (secondary N) is 1. The van der Waals surface area contributed by atoms with Gasteiger partial charge in [0.05, 0.1) is 22.5 Å². The summed E-state index contributed by atoms with van der Waals surface area (Å²) in [5, 5.41) is 12.1. The lowest BCUT2D eigenvalue weighted by Crippen LogP contribution is -2.30. The predicted molar refractivity (Wildman–Crippen MR) is 112 cm³/mol. The molecule has 0 fully saturated rings. The van der Waals surface area contributed by atoms with Gasteiger partial charge in [0.15, 0.2) is 15.7 Å². The topological polar surface area (TPSA) is 144 Å². The number of rotatable bonds is 8. The molecule has 0 saturated heterocycles. The van der Waals surface area contributed by atoms with Crippen molar-refractivity contribution in [1.29, 1.82) is 0 Å². The second-order valence-electron chi connectivity index (χ2n) is 7.54. The van der Waals surface area contributed by atoms with Crippen LogP contribution in [0.4, 0.5) is 11.5 Å². The van der Waals surface area contributed by atoms with Crippen LogP contribution in [0.5, 0.6) is 0 Å². The van der Waals surface area contributed by atoms with Crippen molar-refractivity contribution in [3.05, 3.63) is 34.7 Å². The molecule has 0 unspecified atom stereocenters. The highest BCUT2D eigenvalue weighted by Crippen LogP contribution is 2.26. The number of nitrogen functional groups attached to an aromatic ring is 1. The number of aromatic nitrogens is 2. The lowest BCUT2D eigenvalue weighted by molar-refractivity contribution is -0.137. The number of anilines is 2. The molecule has 0 amide bonds. The molecule has 0 aliphatic carbocycles. The highest BCUT2D eigenvalue weighted by molar-refractivity contribution is 7.91. The quantitative estimate of drug-likeness (QED) is 0.546. The zero-order valence-corrected chi connectivity index (χ0v) is 17.7. The van der Waals surface area contributed by atoms with Crippen LogP contribution in [0.3, 0.4) is 0 Å². The summed E-state index contributed by atoms with van der Waals surface area (Å²) >= 11 is 0. The first-order valence-electron chi connectivity index (χ1n) is 9.12. The van der Waals surface area contributed by atoms with Crippen LogP contribution in [0.2, 0.25) is 0 Å². The van der Waals surface area contributed by atoms with E-state index < -0.39 is 27.9 Å². The third-order valence-electron chi connectivity index (χ3n) is 3.91. The summed E-state index contributed by atoms with van der Waals surface area (Å²) in [7, 11) is -3.60. The summed E-state index contributed by atoms with van der Waals surface area (Å²) < 4.78 is 26.3. The minimum absolute atomic E-state index is 0.0138. The number of benzene rings is 1. The molecule has 9 nitrogen and oxygen atoms in total. The fourth-order valence-corrected chi connectivity index (χ4v) is 4.56. The minimum atomic E-state index is -3.60. The molecule has 2 aromatic rings. The monoisotopic (exact) mass is 422 g/mol. The zero-order chi connectivity index (χ0) is 21.9. The van der Waals surface area contributed by atoms with Crippen LogP contribution in [-0.2, 0) is 21.2 Å². The molecule has 4 N–H and O–H groups in total. The molecule has 0 aliphatic rings. The van der Waals surface area contributed by atoms with Crippen LogP contribution in [0.25, 0.3) is 11.3 Å². The van der Waals surface area contributed by atoms with E-state index in [4.69, 9.17) is 5.73 Å². The van der Waals surface area contributed by atoms with Gasteiger partial charge in [0.25, 0.3) is 5.56 Å². The Bertz CT molecular complexity index is 1070. The van der Waals surface area contributed by atoms with Crippen LogP contribution in [0.15, 0.2) is 34.1 Å². The molecule has 29 heavy (non-hydrogen) atoms. The van der Waals surface area contributed by atoms with Gasteiger partial charge in [-0.1, -0.05) is 13.8 Å². The highest BCUT2D eigenvalue weighted by atomic mass is 32.2. The van der Waals surface area contributed by atoms with Crippen molar-refractivity contribution < 1.29 is 18.3 Å². The van der Waals surface area contributed by atoms with E-state index in [0.717, 1.165) is 4.57 Å². The maximum atomic E-state index is 12.8. The average Bonchev–Trinajstić information content (AvgIpc) is 2.56. The Hall–Kier alpha value is -2.88. The van der Waals surface area contributed by atoms with E-state index in [2.05, 4.69) is 10.3 Å². The van der Waals surface area contributed by atoms with Gasteiger partial charge in [0.2, 0.25) is 0 Å². The smallest absolute Gasteiger partial charge is 0.323 e. The first kappa shape index (κ1) is 22.4. The number of aliphatic carboxylic acids is 1. The minimum Gasteiger partial charge on any atom is -0.480 e. The third-order valence-corrected chi connectivity index (χ3v) is 5.97. The first-order chi connectivity index (χ1) is 13.4. The number of nitrogens with two attached hydrogens (primary N) is 1. The third kappa shape index (κ3) is 5.57. The van der Waals surface area contributed by atoms with E-state index in [-0.39, 0.29) is 39.8 Å². The van der Waals surface area contributed by atoms with Gasteiger partial charge in [0, 0.05) is 17.3 Å². The molecular weight excluding hydrogens is 396 g/mol. The SMILES string of the molecule is CC(C)CS(=O)(=O)c1cc(N)cc(-c2cnc(NC(C)C)c(=O)n2CC(=O)O)c1. The Morgan fingerprint density at radius 3 is 2.45 bits per heavy atom. The molecular formula is C19H26N4O5S. The van der Waals surface area contributed by atoms with Crippen molar-refractivity contribution in [2.45, 2.75) is 45.2 Å². The second-order valence-corrected chi connectivity index (χ2v) is 9.58. The summed E-state index contributed by atoms with van der Waals surface area (Å²) in [4.78, 5) is 28.2. The molecule has 0 spiro atoms. The normalized spacial score (nSPS) is 11.8. The average molecular weight is 423 g/mol. The summed E-state index contributed by atoms with van der Waals surface area (Å²) in [5.41, 5.74) is 5.94. The molecule has 1 heterocycles. The number of carboxylic acid groups (broad SMARTS) is 1. The molecule has 10 heteroatoms. The number of sulfone groups is 1. The van der Waals surface area contributed by atoms with Gasteiger partial charge in [-0.3, -0.25) is 14.2 Å². The molecule has 0 saturated carbocycles. The predicted octanol–water partition coefficient (Wildman–Crippen LogP) is 1.83. The van der Waals surface area contributed by atoms with Crippen LogP contribution < -0.4 is 16.6 Å². The number of hydrogen-bond acceptors (Lipinski definition) is 7. The van der Waals surface area contributed by atoms with Crippen LogP contribution in [0.1, 0.15) is 27.7 Å². The fourth-order valence-electron chi connectivity index (χ4n) is 2.87. The Kier molecular flexibility index (Phi) is 6.68.